The van der Waals surface area contributed by atoms with Crippen LogP contribution in [-0.4, -0.2) is 53.6 Å². The molecule has 7 heteroatoms. The second-order valence-corrected chi connectivity index (χ2v) is 6.71. The van der Waals surface area contributed by atoms with Crippen LogP contribution in [-0.2, 0) is 9.63 Å². The van der Waals surface area contributed by atoms with Gasteiger partial charge in [-0.2, -0.15) is 5.10 Å². The lowest BCUT2D eigenvalue weighted by molar-refractivity contribution is -0.138. The zero-order valence-electron chi connectivity index (χ0n) is 14.2. The molecule has 1 unspecified atom stereocenters. The molecule has 1 aromatic rings. The van der Waals surface area contributed by atoms with Gasteiger partial charge in [0.2, 0.25) is 0 Å². The fourth-order valence-electron chi connectivity index (χ4n) is 3.45. The van der Waals surface area contributed by atoms with Crippen LogP contribution in [0.2, 0.25) is 0 Å². The number of aliphatic carboxylic acids is 1. The van der Waals surface area contributed by atoms with Crippen molar-refractivity contribution in [3.8, 4) is 0 Å². The molecule has 1 aromatic carbocycles. The van der Waals surface area contributed by atoms with Crippen molar-refractivity contribution in [1.82, 2.24) is 4.90 Å². The molecule has 2 aliphatic heterocycles. The van der Waals surface area contributed by atoms with E-state index in [-0.39, 0.29) is 12.5 Å². The van der Waals surface area contributed by atoms with Gasteiger partial charge in [0, 0.05) is 19.4 Å². The number of rotatable bonds is 6. The first kappa shape index (κ1) is 17.4. The molecule has 1 atom stereocenters. The molecule has 0 amide bonds. The van der Waals surface area contributed by atoms with Crippen LogP contribution in [0.15, 0.2) is 34.5 Å². The Labute approximate surface area is 147 Å². The summed E-state index contributed by atoms with van der Waals surface area (Å²) in [5, 5.41) is 16.6. The van der Waals surface area contributed by atoms with E-state index in [1.54, 1.807) is 6.21 Å². The Morgan fingerprint density at radius 3 is 2.72 bits per heavy atom. The number of benzene rings is 1. The highest BCUT2D eigenvalue weighted by Gasteiger charge is 2.27. The number of carboxylic acids is 1. The van der Waals surface area contributed by atoms with Gasteiger partial charge in [0.25, 0.3) is 0 Å². The minimum Gasteiger partial charge on any atom is -0.481 e. The van der Waals surface area contributed by atoms with Crippen LogP contribution in [0.25, 0.3) is 0 Å². The number of hydrazone groups is 1. The van der Waals surface area contributed by atoms with Crippen molar-refractivity contribution in [2.45, 2.75) is 31.8 Å². The van der Waals surface area contributed by atoms with Crippen molar-refractivity contribution in [2.24, 2.45) is 22.0 Å². The molecule has 3 rings (SSSR count). The number of hydrogen-bond donors (Lipinski definition) is 2. The van der Waals surface area contributed by atoms with Gasteiger partial charge in [-0.1, -0.05) is 29.4 Å². The van der Waals surface area contributed by atoms with Crippen molar-refractivity contribution >= 4 is 17.9 Å². The van der Waals surface area contributed by atoms with Crippen molar-refractivity contribution in [3.63, 3.8) is 0 Å². The van der Waals surface area contributed by atoms with Gasteiger partial charge in [-0.05, 0) is 43.0 Å². The standard InChI is InChI=1S/C18H24N4O3/c19-20-11-14-1-3-15(4-2-14)17-10-16(25-21-17)12-22-7-5-13(6-8-22)9-18(23)24/h1-4,11,13,16H,5-10,12,19H2,(H,23,24). The second-order valence-electron chi connectivity index (χ2n) is 6.71. The molecule has 3 N–H and O–H groups in total. The third kappa shape index (κ3) is 4.79. The highest BCUT2D eigenvalue weighted by atomic mass is 16.6. The van der Waals surface area contributed by atoms with E-state index in [1.807, 2.05) is 24.3 Å². The molecule has 0 spiro atoms. The Balaban J connectivity index is 1.46. The zero-order chi connectivity index (χ0) is 17.6. The van der Waals surface area contributed by atoms with Crippen LogP contribution in [0, 0.1) is 5.92 Å². The smallest absolute Gasteiger partial charge is 0.303 e. The van der Waals surface area contributed by atoms with Gasteiger partial charge in [0.05, 0.1) is 11.9 Å². The molecule has 0 aliphatic carbocycles. The fourth-order valence-corrected chi connectivity index (χ4v) is 3.45. The Bertz CT molecular complexity index is 649. The average molecular weight is 344 g/mol. The summed E-state index contributed by atoms with van der Waals surface area (Å²) < 4.78 is 0. The molecule has 0 bridgehead atoms. The first-order valence-electron chi connectivity index (χ1n) is 8.64. The van der Waals surface area contributed by atoms with Crippen LogP contribution in [0.1, 0.15) is 36.8 Å². The van der Waals surface area contributed by atoms with Crippen LogP contribution in [0.3, 0.4) is 0 Å². The predicted octanol–water partition coefficient (Wildman–Crippen LogP) is 1.66. The fraction of sp³-hybridized carbons (Fsp3) is 0.500. The minimum absolute atomic E-state index is 0.0660. The summed E-state index contributed by atoms with van der Waals surface area (Å²) in [6, 6.07) is 7.90. The molecule has 0 aromatic heterocycles. The third-order valence-electron chi connectivity index (χ3n) is 4.83. The van der Waals surface area contributed by atoms with Crippen molar-refractivity contribution < 1.29 is 14.7 Å². The maximum atomic E-state index is 10.8. The lowest BCUT2D eigenvalue weighted by Gasteiger charge is -2.32. The predicted molar refractivity (Wildman–Crippen MR) is 95.7 cm³/mol. The minimum atomic E-state index is -0.695. The number of nitrogens with zero attached hydrogens (tertiary/aromatic N) is 3. The molecule has 1 fully saturated rings. The van der Waals surface area contributed by atoms with Crippen LogP contribution >= 0.6 is 0 Å². The molecule has 25 heavy (non-hydrogen) atoms. The maximum absolute atomic E-state index is 10.8. The van der Waals surface area contributed by atoms with Gasteiger partial charge in [-0.25, -0.2) is 0 Å². The number of piperidine rings is 1. The van der Waals surface area contributed by atoms with Crippen molar-refractivity contribution in [2.75, 3.05) is 19.6 Å². The summed E-state index contributed by atoms with van der Waals surface area (Å²) in [7, 11) is 0. The van der Waals surface area contributed by atoms with Gasteiger partial charge < -0.3 is 15.8 Å². The van der Waals surface area contributed by atoms with E-state index < -0.39 is 5.97 Å². The molecule has 0 saturated carbocycles. The first-order valence-corrected chi connectivity index (χ1v) is 8.64. The van der Waals surface area contributed by atoms with E-state index >= 15 is 0 Å². The van der Waals surface area contributed by atoms with Gasteiger partial charge in [0.1, 0.15) is 6.10 Å². The average Bonchev–Trinajstić information content (AvgIpc) is 3.06. The number of oxime groups is 1. The molecular weight excluding hydrogens is 320 g/mol. The summed E-state index contributed by atoms with van der Waals surface area (Å²) in [5.41, 5.74) is 2.96. The normalized spacial score (nSPS) is 22.1. The second kappa shape index (κ2) is 8.11. The number of carboxylic acid groups (broad SMARTS) is 1. The van der Waals surface area contributed by atoms with E-state index in [9.17, 15) is 4.79 Å². The number of likely N-dealkylation sites (tertiary alicyclic amines) is 1. The van der Waals surface area contributed by atoms with E-state index in [0.29, 0.717) is 5.92 Å². The molecule has 2 aliphatic rings. The molecule has 1 saturated heterocycles. The van der Waals surface area contributed by atoms with E-state index in [1.165, 1.54) is 0 Å². The Hall–Kier alpha value is -2.41. The molecule has 2 heterocycles. The van der Waals surface area contributed by atoms with Gasteiger partial charge in [-0.3, -0.25) is 9.69 Å². The lowest BCUT2D eigenvalue weighted by atomic mass is 9.93. The summed E-state index contributed by atoms with van der Waals surface area (Å²) in [5.74, 6) is 4.76. The highest BCUT2D eigenvalue weighted by molar-refractivity contribution is 6.01. The summed E-state index contributed by atoms with van der Waals surface area (Å²) >= 11 is 0. The molecule has 134 valence electrons. The Kier molecular flexibility index (Phi) is 5.65. The van der Waals surface area contributed by atoms with Gasteiger partial charge in [0.15, 0.2) is 0 Å². The van der Waals surface area contributed by atoms with E-state index in [4.69, 9.17) is 15.8 Å². The topological polar surface area (TPSA) is 101 Å². The van der Waals surface area contributed by atoms with Gasteiger partial charge >= 0.3 is 5.97 Å². The maximum Gasteiger partial charge on any atom is 0.303 e. The summed E-state index contributed by atoms with van der Waals surface area (Å²) in [4.78, 5) is 18.7. The largest absolute Gasteiger partial charge is 0.481 e. The summed E-state index contributed by atoms with van der Waals surface area (Å²) in [6.07, 6.45) is 4.63. The number of carbonyl (C=O) groups is 1. The van der Waals surface area contributed by atoms with E-state index in [2.05, 4.69) is 15.2 Å². The molecule has 0 radical (unpaired) electrons. The summed E-state index contributed by atoms with van der Waals surface area (Å²) in [6.45, 7) is 2.70. The van der Waals surface area contributed by atoms with Crippen LogP contribution in [0.5, 0.6) is 0 Å². The Morgan fingerprint density at radius 1 is 1.36 bits per heavy atom. The highest BCUT2D eigenvalue weighted by Crippen LogP contribution is 2.23. The van der Waals surface area contributed by atoms with Gasteiger partial charge in [-0.15, -0.1) is 0 Å². The monoisotopic (exact) mass is 344 g/mol. The third-order valence-corrected chi connectivity index (χ3v) is 4.83. The van der Waals surface area contributed by atoms with Crippen molar-refractivity contribution in [3.05, 3.63) is 35.4 Å². The number of hydrogen-bond acceptors (Lipinski definition) is 6. The van der Waals surface area contributed by atoms with Crippen molar-refractivity contribution in [1.29, 1.82) is 0 Å². The SMILES string of the molecule is NN=Cc1ccc(C2=NOC(CN3CCC(CC(=O)O)CC3)C2)cc1. The Morgan fingerprint density at radius 2 is 2.08 bits per heavy atom. The van der Waals surface area contributed by atoms with Crippen LogP contribution < -0.4 is 5.84 Å². The van der Waals surface area contributed by atoms with E-state index in [0.717, 1.165) is 55.7 Å². The zero-order valence-corrected chi connectivity index (χ0v) is 14.2. The number of nitrogens with two attached hydrogens (primary N) is 1. The quantitative estimate of drug-likeness (QED) is 0.464. The lowest BCUT2D eigenvalue weighted by Crippen LogP contribution is -2.39. The first-order chi connectivity index (χ1) is 12.1. The molecular formula is C18H24N4O3. The van der Waals surface area contributed by atoms with Crippen LogP contribution in [0.4, 0.5) is 0 Å². The molecule has 7 nitrogen and oxygen atoms in total.